The van der Waals surface area contributed by atoms with Gasteiger partial charge in [0.25, 0.3) is 5.56 Å². The van der Waals surface area contributed by atoms with Crippen molar-refractivity contribution < 1.29 is 14.3 Å². The molecule has 0 saturated carbocycles. The predicted molar refractivity (Wildman–Crippen MR) is 113 cm³/mol. The molecule has 4 aromatic rings. The van der Waals surface area contributed by atoms with Crippen molar-refractivity contribution in [2.45, 2.75) is 6.42 Å². The molecule has 4 rings (SSSR count). The van der Waals surface area contributed by atoms with Gasteiger partial charge >= 0.3 is 5.97 Å². The van der Waals surface area contributed by atoms with E-state index in [0.717, 1.165) is 0 Å². The second kappa shape index (κ2) is 7.91. The zero-order valence-electron chi connectivity index (χ0n) is 16.1. The number of ether oxygens (including phenoxy) is 1. The fraction of sp³-hybridized carbons (Fsp3) is 0.150. The van der Waals surface area contributed by atoms with Crippen molar-refractivity contribution in [3.05, 3.63) is 63.7 Å². The molecule has 9 nitrogen and oxygen atoms in total. The van der Waals surface area contributed by atoms with Gasteiger partial charge in [-0.3, -0.25) is 9.59 Å². The number of hydrogen-bond donors (Lipinski definition) is 2. The number of carbonyl (C=O) groups excluding carboxylic acids is 2. The number of methoxy groups -OCH3 is 1. The summed E-state index contributed by atoms with van der Waals surface area (Å²) in [5.74, 6) is -0.765. The molecule has 2 N–H and O–H groups in total. The molecule has 0 fully saturated rings. The van der Waals surface area contributed by atoms with Gasteiger partial charge in [-0.2, -0.15) is 5.10 Å². The summed E-state index contributed by atoms with van der Waals surface area (Å²) < 4.78 is 5.91. The van der Waals surface area contributed by atoms with Crippen LogP contribution >= 0.6 is 11.3 Å². The number of hydrogen-bond acceptors (Lipinski definition) is 7. The average Bonchev–Trinajstić information content (AvgIpc) is 3.41. The number of benzene rings is 1. The van der Waals surface area contributed by atoms with Crippen LogP contribution in [0.15, 0.2) is 46.7 Å². The smallest absolute Gasteiger partial charge is 0.354 e. The minimum Gasteiger partial charge on any atom is -0.464 e. The first-order valence-electron chi connectivity index (χ1n) is 8.93. The Balaban J connectivity index is 1.51. The summed E-state index contributed by atoms with van der Waals surface area (Å²) >= 11 is 1.27. The van der Waals surface area contributed by atoms with Gasteiger partial charge in [0.2, 0.25) is 5.91 Å². The van der Waals surface area contributed by atoms with Crippen LogP contribution < -0.4 is 10.9 Å². The lowest BCUT2D eigenvalue weighted by Crippen LogP contribution is -2.24. The molecule has 3 heterocycles. The van der Waals surface area contributed by atoms with Crippen molar-refractivity contribution in [3.63, 3.8) is 0 Å². The molecule has 0 spiro atoms. The van der Waals surface area contributed by atoms with Gasteiger partial charge in [-0.25, -0.2) is 14.5 Å². The van der Waals surface area contributed by atoms with Crippen LogP contribution in [0.4, 0.5) is 5.13 Å². The Kier molecular flexibility index (Phi) is 5.15. The normalized spacial score (nSPS) is 10.9. The maximum absolute atomic E-state index is 12.6. The van der Waals surface area contributed by atoms with Gasteiger partial charge in [0.05, 0.1) is 30.3 Å². The molecular formula is C20H17N5O4S. The number of esters is 1. The van der Waals surface area contributed by atoms with Crippen molar-refractivity contribution in [1.82, 2.24) is 19.7 Å². The summed E-state index contributed by atoms with van der Waals surface area (Å²) in [6, 6.07) is 8.70. The minimum absolute atomic E-state index is 0.000189. The van der Waals surface area contributed by atoms with Crippen LogP contribution in [0.3, 0.4) is 0 Å². The lowest BCUT2D eigenvalue weighted by molar-refractivity contribution is -0.115. The quantitative estimate of drug-likeness (QED) is 0.476. The Bertz CT molecular complexity index is 1320. The second-order valence-electron chi connectivity index (χ2n) is 6.48. The first kappa shape index (κ1) is 19.5. The molecule has 0 aliphatic heterocycles. The van der Waals surface area contributed by atoms with Crippen molar-refractivity contribution in [2.75, 3.05) is 12.4 Å². The molecule has 0 aliphatic rings. The minimum atomic E-state index is -0.470. The number of rotatable bonds is 5. The van der Waals surface area contributed by atoms with Crippen LogP contribution in [0.25, 0.3) is 22.0 Å². The van der Waals surface area contributed by atoms with Crippen molar-refractivity contribution in [1.29, 1.82) is 0 Å². The largest absolute Gasteiger partial charge is 0.464 e. The van der Waals surface area contributed by atoms with Crippen LogP contribution in [-0.4, -0.2) is 38.7 Å². The molecule has 30 heavy (non-hydrogen) atoms. The highest BCUT2D eigenvalue weighted by Crippen LogP contribution is 2.26. The topological polar surface area (TPSA) is 119 Å². The molecule has 0 radical (unpaired) electrons. The maximum atomic E-state index is 12.6. The first-order chi connectivity index (χ1) is 14.5. The van der Waals surface area contributed by atoms with Crippen LogP contribution in [-0.2, 0) is 23.0 Å². The number of anilines is 1. The molecular weight excluding hydrogens is 406 g/mol. The predicted octanol–water partition coefficient (Wildman–Crippen LogP) is 2.35. The number of fused-ring (bicyclic) bond motifs is 1. The molecule has 0 unspecified atom stereocenters. The number of aryl methyl sites for hydroxylation is 1. The van der Waals surface area contributed by atoms with E-state index in [4.69, 9.17) is 0 Å². The van der Waals surface area contributed by atoms with Crippen LogP contribution in [0.2, 0.25) is 0 Å². The van der Waals surface area contributed by atoms with Gasteiger partial charge in [0, 0.05) is 29.6 Å². The Hall–Kier alpha value is -3.79. The van der Waals surface area contributed by atoms with E-state index < -0.39 is 5.97 Å². The lowest BCUT2D eigenvalue weighted by atomic mass is 10.1. The monoisotopic (exact) mass is 423 g/mol. The highest BCUT2D eigenvalue weighted by molar-refractivity contribution is 7.14. The summed E-state index contributed by atoms with van der Waals surface area (Å²) in [6.45, 7) is 0. The number of nitrogens with zero attached hydrogens (tertiary/aromatic N) is 3. The number of thiazole rings is 1. The number of aromatic nitrogens is 4. The Morgan fingerprint density at radius 1 is 1.27 bits per heavy atom. The van der Waals surface area contributed by atoms with E-state index in [1.807, 2.05) is 0 Å². The van der Waals surface area contributed by atoms with Gasteiger partial charge in [0.15, 0.2) is 5.13 Å². The maximum Gasteiger partial charge on any atom is 0.354 e. The lowest BCUT2D eigenvalue weighted by Gasteiger charge is -2.07. The van der Waals surface area contributed by atoms with Gasteiger partial charge < -0.3 is 15.0 Å². The van der Waals surface area contributed by atoms with Crippen LogP contribution in [0.5, 0.6) is 0 Å². The first-order valence-corrected chi connectivity index (χ1v) is 9.81. The highest BCUT2D eigenvalue weighted by Gasteiger charge is 2.15. The number of nitrogens with one attached hydrogen (secondary N) is 2. The van der Waals surface area contributed by atoms with Gasteiger partial charge in [0.1, 0.15) is 5.69 Å². The SMILES string of the molecule is COC(=O)c1cc(-c2csc(NC(=O)Cc3nn(C)c(=O)c4ccccc34)n2)c[nH]1. The molecule has 10 heteroatoms. The number of amides is 1. The number of H-pyrrole nitrogens is 1. The zero-order valence-corrected chi connectivity index (χ0v) is 16.9. The van der Waals surface area contributed by atoms with E-state index in [-0.39, 0.29) is 17.9 Å². The fourth-order valence-electron chi connectivity index (χ4n) is 3.06. The molecule has 0 aliphatic carbocycles. The molecule has 152 valence electrons. The van der Waals surface area contributed by atoms with E-state index in [0.29, 0.717) is 38.5 Å². The summed E-state index contributed by atoms with van der Waals surface area (Å²) in [7, 11) is 2.87. The third kappa shape index (κ3) is 3.72. The Morgan fingerprint density at radius 3 is 2.80 bits per heavy atom. The molecule has 3 aromatic heterocycles. The zero-order chi connectivity index (χ0) is 21.3. The van der Waals surface area contributed by atoms with Crippen molar-refractivity contribution in [2.24, 2.45) is 7.05 Å². The summed E-state index contributed by atoms with van der Waals surface area (Å²) in [5.41, 5.74) is 1.94. The summed E-state index contributed by atoms with van der Waals surface area (Å²) in [4.78, 5) is 43.6. The Morgan fingerprint density at radius 2 is 2.03 bits per heavy atom. The van der Waals surface area contributed by atoms with Gasteiger partial charge in [-0.15, -0.1) is 11.3 Å². The number of aromatic amines is 1. The third-order valence-electron chi connectivity index (χ3n) is 4.50. The third-order valence-corrected chi connectivity index (χ3v) is 5.25. The fourth-order valence-corrected chi connectivity index (χ4v) is 3.79. The van der Waals surface area contributed by atoms with E-state index in [2.05, 4.69) is 25.1 Å². The van der Waals surface area contributed by atoms with Crippen molar-refractivity contribution >= 4 is 39.1 Å². The van der Waals surface area contributed by atoms with Gasteiger partial charge in [-0.1, -0.05) is 18.2 Å². The summed E-state index contributed by atoms with van der Waals surface area (Å²) in [6.07, 6.45) is 1.65. The van der Waals surface area contributed by atoms with Crippen LogP contribution in [0.1, 0.15) is 16.2 Å². The molecule has 0 atom stereocenters. The average molecular weight is 423 g/mol. The van der Waals surface area contributed by atoms with Crippen molar-refractivity contribution in [3.8, 4) is 11.3 Å². The molecule has 0 bridgehead atoms. The molecule has 1 amide bonds. The Labute approximate surface area is 174 Å². The molecule has 0 saturated heterocycles. The van der Waals surface area contributed by atoms with E-state index in [9.17, 15) is 14.4 Å². The number of carbonyl (C=O) groups is 2. The molecule has 1 aromatic carbocycles. The standard InChI is InChI=1S/C20H17N5O4S/c1-25-18(27)13-6-4-3-5-12(13)14(24-25)8-17(26)23-20-22-16(10-30-20)11-7-15(21-9-11)19(28)29-2/h3-7,9-10,21H,8H2,1-2H3,(H,22,23,26). The van der Waals surface area contributed by atoms with Gasteiger partial charge in [-0.05, 0) is 12.1 Å². The highest BCUT2D eigenvalue weighted by atomic mass is 32.1. The van der Waals surface area contributed by atoms with E-state index in [1.165, 1.54) is 23.1 Å². The van der Waals surface area contributed by atoms with E-state index in [1.54, 1.807) is 49.0 Å². The second-order valence-corrected chi connectivity index (χ2v) is 7.34. The van der Waals surface area contributed by atoms with Crippen LogP contribution in [0, 0.1) is 0 Å². The summed E-state index contributed by atoms with van der Waals surface area (Å²) in [5, 5.41) is 10.4. The van der Waals surface area contributed by atoms with E-state index >= 15 is 0 Å².